The zero-order valence-electron chi connectivity index (χ0n) is 10.3. The summed E-state index contributed by atoms with van der Waals surface area (Å²) in [6.45, 7) is 5.12. The molecule has 1 amide bonds. The van der Waals surface area contributed by atoms with Crippen molar-refractivity contribution < 1.29 is 31.1 Å². The van der Waals surface area contributed by atoms with Crippen LogP contribution in [0.15, 0.2) is 21.4 Å². The van der Waals surface area contributed by atoms with Crippen LogP contribution in [0.4, 0.5) is 0 Å². The third-order valence-corrected chi connectivity index (χ3v) is 4.79. The zero-order valence-corrected chi connectivity index (χ0v) is 12.5. The molecule has 1 atom stereocenters. The zero-order chi connectivity index (χ0) is 12.8. The molecule has 0 aromatic rings. The Morgan fingerprint density at radius 2 is 2.35 bits per heavy atom. The van der Waals surface area contributed by atoms with Gasteiger partial charge < -0.3 is 0 Å². The van der Waals surface area contributed by atoms with Gasteiger partial charge in [0.05, 0.1) is 0 Å². The molecular weight excluding hydrogens is 331 g/mol. The number of nitrogens with two attached hydrogens (primary N) is 1. The molecular formula is C12H20IN2O2-. The van der Waals surface area contributed by atoms with Crippen molar-refractivity contribution >= 4 is 5.91 Å². The van der Waals surface area contributed by atoms with E-state index in [1.54, 1.807) is 11.0 Å². The summed E-state index contributed by atoms with van der Waals surface area (Å²) in [4.78, 5) is 13.5. The molecule has 0 radical (unpaired) electrons. The van der Waals surface area contributed by atoms with Crippen LogP contribution in [0.3, 0.4) is 0 Å². The Hall–Kier alpha value is -0.560. The second-order valence-electron chi connectivity index (χ2n) is 4.07. The van der Waals surface area contributed by atoms with Crippen molar-refractivity contribution in [2.24, 2.45) is 5.73 Å². The standard InChI is InChI=1S/C12H20IN2O2/c1-3-13-7-9(2)6-11(14)12(17)15-5-4-10(16)8-15/h6-7,10,16H,3-5,8,14H2,1-2H3/q-1/b9-7-,11-6-/t10-/m0/s1. The van der Waals surface area contributed by atoms with Gasteiger partial charge in [0.15, 0.2) is 0 Å². The van der Waals surface area contributed by atoms with Gasteiger partial charge in [0.1, 0.15) is 0 Å². The van der Waals surface area contributed by atoms with Gasteiger partial charge in [-0.05, 0) is 0 Å². The normalized spacial score (nSPS) is 22.3. The van der Waals surface area contributed by atoms with Crippen molar-refractivity contribution in [3.05, 3.63) is 21.4 Å². The van der Waals surface area contributed by atoms with Gasteiger partial charge in [-0.2, -0.15) is 0 Å². The van der Waals surface area contributed by atoms with Crippen molar-refractivity contribution in [2.75, 3.05) is 17.5 Å². The summed E-state index contributed by atoms with van der Waals surface area (Å²) in [6, 6.07) is 0. The number of hydrogen-bond donors (Lipinski definition) is 2. The molecule has 98 valence electrons. The summed E-state index contributed by atoms with van der Waals surface area (Å²) in [5, 5.41) is 9.37. The number of nitrogens with zero attached hydrogens (tertiary/aromatic N) is 1. The first-order valence-electron chi connectivity index (χ1n) is 5.73. The number of rotatable bonds is 4. The fraction of sp³-hybridized carbons (Fsp3) is 0.583. The first-order chi connectivity index (χ1) is 8.04. The molecule has 1 rings (SSSR count). The number of aliphatic hydroxyl groups is 1. The molecule has 0 unspecified atom stereocenters. The number of carbonyl (C=O) groups is 1. The molecule has 1 fully saturated rings. The second-order valence-corrected chi connectivity index (χ2v) is 7.10. The van der Waals surface area contributed by atoms with Gasteiger partial charge in [0.25, 0.3) is 0 Å². The van der Waals surface area contributed by atoms with Crippen LogP contribution in [0.1, 0.15) is 20.3 Å². The molecule has 0 bridgehead atoms. The van der Waals surface area contributed by atoms with Crippen LogP contribution in [-0.4, -0.2) is 39.5 Å². The van der Waals surface area contributed by atoms with E-state index in [1.165, 1.54) is 4.43 Å². The quantitative estimate of drug-likeness (QED) is 0.253. The first kappa shape index (κ1) is 14.5. The molecule has 0 aliphatic carbocycles. The number of likely N-dealkylation sites (tertiary alicyclic amines) is 1. The molecule has 1 aliphatic rings. The van der Waals surface area contributed by atoms with Gasteiger partial charge in [-0.1, -0.05) is 0 Å². The van der Waals surface area contributed by atoms with Crippen LogP contribution in [0.5, 0.6) is 0 Å². The van der Waals surface area contributed by atoms with Gasteiger partial charge in [-0.15, -0.1) is 0 Å². The predicted octanol–water partition coefficient (Wildman–Crippen LogP) is -2.57. The van der Waals surface area contributed by atoms with E-state index in [-0.39, 0.29) is 32.8 Å². The Balaban J connectivity index is 2.59. The Bertz CT molecular complexity index is 339. The van der Waals surface area contributed by atoms with Gasteiger partial charge in [0.2, 0.25) is 0 Å². The molecule has 0 aromatic carbocycles. The number of amides is 1. The summed E-state index contributed by atoms with van der Waals surface area (Å²) in [5.74, 6) is -0.163. The molecule has 1 heterocycles. The number of β-amino-alcohol motifs (C(OH)–C–C–N with tert-alkyl or cyclic N) is 1. The van der Waals surface area contributed by atoms with Crippen LogP contribution in [0.25, 0.3) is 0 Å². The Morgan fingerprint density at radius 1 is 1.65 bits per heavy atom. The van der Waals surface area contributed by atoms with Crippen molar-refractivity contribution in [1.29, 1.82) is 0 Å². The molecule has 0 aromatic heterocycles. The van der Waals surface area contributed by atoms with E-state index >= 15 is 0 Å². The van der Waals surface area contributed by atoms with E-state index in [4.69, 9.17) is 5.73 Å². The molecule has 3 N–H and O–H groups in total. The van der Waals surface area contributed by atoms with E-state index < -0.39 is 6.10 Å². The summed E-state index contributed by atoms with van der Waals surface area (Å²) >= 11 is 0.0905. The van der Waals surface area contributed by atoms with E-state index in [0.717, 1.165) is 5.57 Å². The van der Waals surface area contributed by atoms with Crippen LogP contribution in [0.2, 0.25) is 0 Å². The molecule has 1 aliphatic heterocycles. The van der Waals surface area contributed by atoms with Crippen LogP contribution >= 0.6 is 0 Å². The average molecular weight is 351 g/mol. The van der Waals surface area contributed by atoms with E-state index in [9.17, 15) is 9.90 Å². The summed E-state index contributed by atoms with van der Waals surface area (Å²) in [5.41, 5.74) is 7.11. The SMILES string of the molecule is CC[I-]/C=C(C)\C=C(/N)C(=O)N1CC[C@H](O)C1. The second kappa shape index (κ2) is 7.00. The molecule has 0 spiro atoms. The van der Waals surface area contributed by atoms with Crippen LogP contribution < -0.4 is 26.9 Å². The van der Waals surface area contributed by atoms with Crippen molar-refractivity contribution in [1.82, 2.24) is 4.90 Å². The fourth-order valence-corrected chi connectivity index (χ4v) is 2.96. The number of alkyl halides is 1. The molecule has 17 heavy (non-hydrogen) atoms. The molecule has 5 heteroatoms. The van der Waals surface area contributed by atoms with Gasteiger partial charge in [0, 0.05) is 0 Å². The maximum absolute atomic E-state index is 11.9. The minimum atomic E-state index is -0.394. The Labute approximate surface area is 113 Å². The number of hydrogen-bond acceptors (Lipinski definition) is 3. The van der Waals surface area contributed by atoms with Crippen molar-refractivity contribution in [3.8, 4) is 0 Å². The number of halogens is 1. The third-order valence-electron chi connectivity index (χ3n) is 2.48. The summed E-state index contributed by atoms with van der Waals surface area (Å²) in [7, 11) is 0. The van der Waals surface area contributed by atoms with E-state index in [0.29, 0.717) is 19.5 Å². The van der Waals surface area contributed by atoms with Gasteiger partial charge in [-0.3, -0.25) is 0 Å². The monoisotopic (exact) mass is 351 g/mol. The molecule has 1 saturated heterocycles. The molecule has 0 saturated carbocycles. The predicted molar refractivity (Wildman–Crippen MR) is 63.8 cm³/mol. The fourth-order valence-electron chi connectivity index (χ4n) is 1.65. The third kappa shape index (κ3) is 4.67. The van der Waals surface area contributed by atoms with Crippen LogP contribution in [0, 0.1) is 0 Å². The summed E-state index contributed by atoms with van der Waals surface area (Å²) < 4.78 is 3.37. The van der Waals surface area contributed by atoms with Gasteiger partial charge in [-0.25, -0.2) is 0 Å². The number of aliphatic hydroxyl groups excluding tert-OH is 1. The van der Waals surface area contributed by atoms with Crippen molar-refractivity contribution in [2.45, 2.75) is 26.4 Å². The van der Waals surface area contributed by atoms with Gasteiger partial charge >= 0.3 is 113 Å². The number of carbonyl (C=O) groups excluding carboxylic acids is 1. The number of allylic oxidation sites excluding steroid dienone is 2. The average Bonchev–Trinajstić information content (AvgIpc) is 2.72. The van der Waals surface area contributed by atoms with E-state index in [1.807, 2.05) is 6.92 Å². The molecule has 4 nitrogen and oxygen atoms in total. The first-order valence-corrected chi connectivity index (χ1v) is 8.50. The Kier molecular flexibility index (Phi) is 5.97. The van der Waals surface area contributed by atoms with E-state index in [2.05, 4.69) is 11.0 Å². The maximum atomic E-state index is 11.9. The van der Waals surface area contributed by atoms with Crippen molar-refractivity contribution in [3.63, 3.8) is 0 Å². The minimum absolute atomic E-state index is 0.0905. The topological polar surface area (TPSA) is 66.6 Å². The summed E-state index contributed by atoms with van der Waals surface area (Å²) in [6.07, 6.45) is 1.99. The van der Waals surface area contributed by atoms with Crippen LogP contribution in [-0.2, 0) is 4.79 Å². The Morgan fingerprint density at radius 3 is 2.88 bits per heavy atom.